The average Bonchev–Trinajstić information content (AvgIpc) is 2.65. The Morgan fingerprint density at radius 1 is 1.11 bits per heavy atom. The van der Waals surface area contributed by atoms with E-state index in [1.807, 2.05) is 44.2 Å². The van der Waals surface area contributed by atoms with Crippen LogP contribution in [0.1, 0.15) is 19.4 Å². The van der Waals surface area contributed by atoms with Crippen LogP contribution < -0.4 is 0 Å². The number of hydrogen-bond donors (Lipinski definition) is 1. The summed E-state index contributed by atoms with van der Waals surface area (Å²) in [7, 11) is 1.60. The molecule has 0 bridgehead atoms. The molecule has 0 unspecified atom stereocenters. The van der Waals surface area contributed by atoms with Crippen LogP contribution in [0.2, 0.25) is 0 Å². The number of aliphatic hydroxyl groups excluding tert-OH is 1. The average molecular weight is 382 g/mol. The van der Waals surface area contributed by atoms with Gasteiger partial charge >= 0.3 is 0 Å². The third-order valence-electron chi connectivity index (χ3n) is 3.78. The Balaban J connectivity index is 1.86. The number of methoxy groups -OCH3 is 1. The third-order valence-corrected chi connectivity index (χ3v) is 3.78. The second-order valence-electron chi connectivity index (χ2n) is 6.41. The fourth-order valence-corrected chi connectivity index (χ4v) is 2.44. The molecule has 3 atom stereocenters. The van der Waals surface area contributed by atoms with Crippen LogP contribution in [-0.4, -0.2) is 63.4 Å². The Labute approximate surface area is 160 Å². The van der Waals surface area contributed by atoms with E-state index in [0.717, 1.165) is 5.56 Å². The molecule has 0 amide bonds. The molecule has 7 nitrogen and oxygen atoms in total. The SMILES string of the molecule is COCCOCOC1=C[C@@H](O)[C@@H](COCc2ccccc2)O[C@H]1OC(C)C. The van der Waals surface area contributed by atoms with Crippen LogP contribution in [-0.2, 0) is 35.0 Å². The van der Waals surface area contributed by atoms with E-state index < -0.39 is 18.5 Å². The standard InChI is InChI=1S/C20H30O7/c1-15(2)26-20-18(25-14-23-10-9-22-3)11-17(21)19(27-20)13-24-12-16-7-5-4-6-8-16/h4-8,11,15,17,19-21H,9-10,12-14H2,1-3H3/t17-,19-,20-/m1/s1. The van der Waals surface area contributed by atoms with Gasteiger partial charge in [-0.1, -0.05) is 30.3 Å². The molecule has 0 saturated heterocycles. The number of hydrogen-bond acceptors (Lipinski definition) is 7. The van der Waals surface area contributed by atoms with Crippen molar-refractivity contribution in [2.45, 2.75) is 45.1 Å². The van der Waals surface area contributed by atoms with E-state index in [-0.39, 0.29) is 19.5 Å². The summed E-state index contributed by atoms with van der Waals surface area (Å²) in [5.41, 5.74) is 1.06. The molecule has 0 radical (unpaired) electrons. The summed E-state index contributed by atoms with van der Waals surface area (Å²) in [6.07, 6.45) is -0.601. The van der Waals surface area contributed by atoms with Gasteiger partial charge in [-0.05, 0) is 25.5 Å². The summed E-state index contributed by atoms with van der Waals surface area (Å²) in [5, 5.41) is 10.4. The lowest BCUT2D eigenvalue weighted by molar-refractivity contribution is -0.227. The van der Waals surface area contributed by atoms with E-state index in [4.69, 9.17) is 28.4 Å². The number of rotatable bonds is 12. The molecule has 1 heterocycles. The normalized spacial score (nSPS) is 22.7. The zero-order valence-corrected chi connectivity index (χ0v) is 16.2. The van der Waals surface area contributed by atoms with Gasteiger partial charge in [-0.15, -0.1) is 0 Å². The lowest BCUT2D eigenvalue weighted by Gasteiger charge is -2.33. The van der Waals surface area contributed by atoms with Gasteiger partial charge in [-0.3, -0.25) is 0 Å². The highest BCUT2D eigenvalue weighted by molar-refractivity contribution is 5.13. The fourth-order valence-electron chi connectivity index (χ4n) is 2.44. The summed E-state index contributed by atoms with van der Waals surface area (Å²) >= 11 is 0. The predicted octanol–water partition coefficient (Wildman–Crippen LogP) is 2.23. The van der Waals surface area contributed by atoms with Gasteiger partial charge in [0.15, 0.2) is 12.6 Å². The minimum Gasteiger partial charge on any atom is -0.467 e. The van der Waals surface area contributed by atoms with Crippen molar-refractivity contribution in [1.82, 2.24) is 0 Å². The molecule has 1 aliphatic rings. The lowest BCUT2D eigenvalue weighted by Crippen LogP contribution is -2.43. The van der Waals surface area contributed by atoms with Gasteiger partial charge in [0.05, 0.1) is 32.5 Å². The molecule has 0 spiro atoms. The van der Waals surface area contributed by atoms with Crippen LogP contribution in [0.25, 0.3) is 0 Å². The predicted molar refractivity (Wildman–Crippen MR) is 98.8 cm³/mol. The van der Waals surface area contributed by atoms with E-state index in [1.165, 1.54) is 0 Å². The minimum atomic E-state index is -0.859. The van der Waals surface area contributed by atoms with E-state index in [1.54, 1.807) is 13.2 Å². The highest BCUT2D eigenvalue weighted by atomic mass is 16.7. The maximum Gasteiger partial charge on any atom is 0.217 e. The van der Waals surface area contributed by atoms with Crippen LogP contribution in [0.5, 0.6) is 0 Å². The van der Waals surface area contributed by atoms with Crippen LogP contribution >= 0.6 is 0 Å². The van der Waals surface area contributed by atoms with Crippen molar-refractivity contribution in [3.8, 4) is 0 Å². The van der Waals surface area contributed by atoms with Crippen LogP contribution in [0.3, 0.4) is 0 Å². The van der Waals surface area contributed by atoms with Gasteiger partial charge < -0.3 is 33.5 Å². The zero-order chi connectivity index (χ0) is 19.5. The molecule has 1 aromatic rings. The fraction of sp³-hybridized carbons (Fsp3) is 0.600. The van der Waals surface area contributed by atoms with Gasteiger partial charge in [0, 0.05) is 7.11 Å². The quantitative estimate of drug-likeness (QED) is 0.439. The van der Waals surface area contributed by atoms with Crippen molar-refractivity contribution in [2.75, 3.05) is 33.7 Å². The largest absolute Gasteiger partial charge is 0.467 e. The summed E-state index contributed by atoms with van der Waals surface area (Å²) in [6, 6.07) is 9.84. The molecule has 0 saturated carbocycles. The first kappa shape index (κ1) is 21.8. The molecule has 0 aliphatic carbocycles. The zero-order valence-electron chi connectivity index (χ0n) is 16.2. The van der Waals surface area contributed by atoms with Crippen molar-refractivity contribution in [1.29, 1.82) is 0 Å². The van der Waals surface area contributed by atoms with Gasteiger partial charge in [0.2, 0.25) is 6.29 Å². The lowest BCUT2D eigenvalue weighted by atomic mass is 10.1. The molecule has 1 aliphatic heterocycles. The van der Waals surface area contributed by atoms with Crippen LogP contribution in [0, 0.1) is 0 Å². The Kier molecular flexibility index (Phi) is 9.75. The second kappa shape index (κ2) is 12.1. The van der Waals surface area contributed by atoms with Crippen LogP contribution in [0.4, 0.5) is 0 Å². The van der Waals surface area contributed by atoms with Crippen molar-refractivity contribution in [2.24, 2.45) is 0 Å². The molecule has 27 heavy (non-hydrogen) atoms. The summed E-state index contributed by atoms with van der Waals surface area (Å²) in [6.45, 7) is 5.42. The van der Waals surface area contributed by atoms with Crippen LogP contribution in [0.15, 0.2) is 42.2 Å². The van der Waals surface area contributed by atoms with E-state index in [9.17, 15) is 5.11 Å². The van der Waals surface area contributed by atoms with E-state index >= 15 is 0 Å². The van der Waals surface area contributed by atoms with E-state index in [2.05, 4.69) is 0 Å². The number of aliphatic hydroxyl groups is 1. The molecular formula is C20H30O7. The molecule has 2 rings (SSSR count). The van der Waals surface area contributed by atoms with Gasteiger partial charge in [0.25, 0.3) is 0 Å². The van der Waals surface area contributed by atoms with Crippen molar-refractivity contribution in [3.05, 3.63) is 47.7 Å². The van der Waals surface area contributed by atoms with Gasteiger partial charge in [-0.2, -0.15) is 0 Å². The van der Waals surface area contributed by atoms with Crippen molar-refractivity contribution in [3.63, 3.8) is 0 Å². The summed E-state index contributed by atoms with van der Waals surface area (Å²) in [5.74, 6) is 0.396. The Hall–Kier alpha value is -1.48. The first-order valence-electron chi connectivity index (χ1n) is 9.12. The van der Waals surface area contributed by atoms with Crippen molar-refractivity contribution >= 4 is 0 Å². The maximum absolute atomic E-state index is 10.4. The molecule has 0 aromatic heterocycles. The molecule has 7 heteroatoms. The van der Waals surface area contributed by atoms with E-state index in [0.29, 0.717) is 25.6 Å². The molecule has 1 aromatic carbocycles. The highest BCUT2D eigenvalue weighted by Gasteiger charge is 2.33. The first-order chi connectivity index (χ1) is 13.1. The Morgan fingerprint density at radius 2 is 1.89 bits per heavy atom. The smallest absolute Gasteiger partial charge is 0.217 e. The van der Waals surface area contributed by atoms with Gasteiger partial charge in [-0.25, -0.2) is 0 Å². The first-order valence-corrected chi connectivity index (χ1v) is 9.12. The second-order valence-corrected chi connectivity index (χ2v) is 6.41. The van der Waals surface area contributed by atoms with Gasteiger partial charge in [0.1, 0.15) is 12.2 Å². The molecule has 0 fully saturated rings. The Bertz CT molecular complexity index is 547. The Morgan fingerprint density at radius 3 is 2.59 bits per heavy atom. The summed E-state index contributed by atoms with van der Waals surface area (Å²) in [4.78, 5) is 0. The number of benzene rings is 1. The maximum atomic E-state index is 10.4. The summed E-state index contributed by atoms with van der Waals surface area (Å²) < 4.78 is 33.1. The highest BCUT2D eigenvalue weighted by Crippen LogP contribution is 2.23. The topological polar surface area (TPSA) is 75.6 Å². The molecule has 1 N–H and O–H groups in total. The number of ether oxygens (including phenoxy) is 6. The minimum absolute atomic E-state index is 0.0262. The monoisotopic (exact) mass is 382 g/mol. The molecule has 152 valence electrons. The third kappa shape index (κ3) is 7.96. The van der Waals surface area contributed by atoms with Crippen molar-refractivity contribution < 1.29 is 33.5 Å². The molecular weight excluding hydrogens is 352 g/mol.